The van der Waals surface area contributed by atoms with Crippen LogP contribution in [0, 0.1) is 5.82 Å². The first kappa shape index (κ1) is 13.8. The summed E-state index contributed by atoms with van der Waals surface area (Å²) in [4.78, 5) is 0. The Hall–Kier alpha value is -0.220. The molecule has 0 fully saturated rings. The van der Waals surface area contributed by atoms with Gasteiger partial charge in [-0.05, 0) is 52.7 Å². The molecule has 0 unspecified atom stereocenters. The van der Waals surface area contributed by atoms with Crippen LogP contribution in [-0.4, -0.2) is 12.4 Å². The van der Waals surface area contributed by atoms with Gasteiger partial charge in [-0.1, -0.05) is 12.8 Å². The van der Waals surface area contributed by atoms with E-state index in [1.54, 1.807) is 6.07 Å². The van der Waals surface area contributed by atoms with Gasteiger partial charge >= 0.3 is 0 Å². The van der Waals surface area contributed by atoms with E-state index in [0.29, 0.717) is 16.8 Å². The summed E-state index contributed by atoms with van der Waals surface area (Å²) in [6.45, 7) is 0.677. The average molecular weight is 307 g/mol. The van der Waals surface area contributed by atoms with Crippen molar-refractivity contribution in [2.24, 2.45) is 0 Å². The molecule has 0 atom stereocenters. The first-order valence-electron chi connectivity index (χ1n) is 5.43. The molecule has 4 heteroatoms. The molecule has 0 spiro atoms. The molecule has 90 valence electrons. The molecule has 0 aliphatic rings. The summed E-state index contributed by atoms with van der Waals surface area (Å²) >= 11 is 7.42. The van der Waals surface area contributed by atoms with Gasteiger partial charge in [0, 0.05) is 0 Å². The van der Waals surface area contributed by atoms with Gasteiger partial charge in [-0.2, -0.15) is 12.6 Å². The van der Waals surface area contributed by atoms with E-state index in [4.69, 9.17) is 4.74 Å². The highest BCUT2D eigenvalue weighted by atomic mass is 79.9. The zero-order valence-corrected chi connectivity index (χ0v) is 11.6. The van der Waals surface area contributed by atoms with Gasteiger partial charge in [0.15, 0.2) is 0 Å². The van der Waals surface area contributed by atoms with Gasteiger partial charge in [0.1, 0.15) is 11.6 Å². The van der Waals surface area contributed by atoms with Crippen molar-refractivity contribution in [3.05, 3.63) is 28.5 Å². The van der Waals surface area contributed by atoms with E-state index in [2.05, 4.69) is 28.6 Å². The van der Waals surface area contributed by atoms with Crippen LogP contribution in [0.3, 0.4) is 0 Å². The fourth-order valence-corrected chi connectivity index (χ4v) is 2.03. The Labute approximate surface area is 110 Å². The van der Waals surface area contributed by atoms with Crippen molar-refractivity contribution in [3.8, 4) is 5.75 Å². The van der Waals surface area contributed by atoms with Crippen LogP contribution in [0.4, 0.5) is 4.39 Å². The zero-order valence-electron chi connectivity index (χ0n) is 9.09. The van der Waals surface area contributed by atoms with Gasteiger partial charge in [-0.3, -0.25) is 0 Å². The highest BCUT2D eigenvalue weighted by Crippen LogP contribution is 2.25. The quantitative estimate of drug-likeness (QED) is 0.578. The lowest BCUT2D eigenvalue weighted by Crippen LogP contribution is -1.98. The second-order valence-electron chi connectivity index (χ2n) is 3.56. The molecule has 16 heavy (non-hydrogen) atoms. The van der Waals surface area contributed by atoms with Gasteiger partial charge in [0.05, 0.1) is 11.1 Å². The van der Waals surface area contributed by atoms with Gasteiger partial charge < -0.3 is 4.74 Å². The third-order valence-corrected chi connectivity index (χ3v) is 3.14. The molecular formula is C12H16BrFOS. The van der Waals surface area contributed by atoms with E-state index in [-0.39, 0.29) is 5.82 Å². The molecule has 0 heterocycles. The molecule has 1 aromatic rings. The van der Waals surface area contributed by atoms with Crippen LogP contribution in [0.5, 0.6) is 5.75 Å². The van der Waals surface area contributed by atoms with Gasteiger partial charge in [0.2, 0.25) is 0 Å². The molecule has 0 aliphatic carbocycles. The zero-order chi connectivity index (χ0) is 11.8. The standard InChI is InChI=1S/C12H16BrFOS/c13-11-9-10(14)5-6-12(11)15-7-3-1-2-4-8-16/h5-6,9,16H,1-4,7-8H2. The van der Waals surface area contributed by atoms with E-state index in [9.17, 15) is 4.39 Å². The first-order chi connectivity index (χ1) is 7.74. The Kier molecular flexibility index (Phi) is 6.88. The SMILES string of the molecule is Fc1ccc(OCCCCCCS)c(Br)c1. The minimum Gasteiger partial charge on any atom is -0.492 e. The molecule has 1 nitrogen and oxygen atoms in total. The Morgan fingerprint density at radius 1 is 1.19 bits per heavy atom. The highest BCUT2D eigenvalue weighted by Gasteiger charge is 2.01. The molecule has 0 radical (unpaired) electrons. The summed E-state index contributed by atoms with van der Waals surface area (Å²) < 4.78 is 19.0. The van der Waals surface area contributed by atoms with Crippen molar-refractivity contribution >= 4 is 28.6 Å². The number of rotatable bonds is 7. The van der Waals surface area contributed by atoms with Crippen molar-refractivity contribution in [1.82, 2.24) is 0 Å². The third-order valence-electron chi connectivity index (χ3n) is 2.20. The predicted molar refractivity (Wildman–Crippen MR) is 71.9 cm³/mol. The van der Waals surface area contributed by atoms with Gasteiger partial charge in [-0.15, -0.1) is 0 Å². The summed E-state index contributed by atoms with van der Waals surface area (Å²) in [5.41, 5.74) is 0. The maximum Gasteiger partial charge on any atom is 0.133 e. The molecule has 0 aliphatic heterocycles. The van der Waals surface area contributed by atoms with E-state index >= 15 is 0 Å². The number of unbranched alkanes of at least 4 members (excludes halogenated alkanes) is 3. The fourth-order valence-electron chi connectivity index (χ4n) is 1.34. The number of thiol groups is 1. The molecule has 0 bridgehead atoms. The largest absolute Gasteiger partial charge is 0.492 e. The van der Waals surface area contributed by atoms with E-state index in [1.807, 2.05) is 0 Å². The third kappa shape index (κ3) is 5.21. The van der Waals surface area contributed by atoms with Crippen LogP contribution in [-0.2, 0) is 0 Å². The molecule has 0 amide bonds. The molecule has 0 aromatic heterocycles. The van der Waals surface area contributed by atoms with Crippen LogP contribution in [0.2, 0.25) is 0 Å². The Bertz CT molecular complexity index is 320. The van der Waals surface area contributed by atoms with Crippen LogP contribution in [0.15, 0.2) is 22.7 Å². The number of benzene rings is 1. The number of ether oxygens (including phenoxy) is 1. The monoisotopic (exact) mass is 306 g/mol. The Morgan fingerprint density at radius 3 is 2.62 bits per heavy atom. The van der Waals surface area contributed by atoms with Gasteiger partial charge in [0.25, 0.3) is 0 Å². The van der Waals surface area contributed by atoms with Crippen molar-refractivity contribution < 1.29 is 9.13 Å². The fraction of sp³-hybridized carbons (Fsp3) is 0.500. The Balaban J connectivity index is 2.21. The topological polar surface area (TPSA) is 9.23 Å². The summed E-state index contributed by atoms with van der Waals surface area (Å²) in [5, 5.41) is 0. The molecule has 1 aromatic carbocycles. The maximum atomic E-state index is 12.8. The Morgan fingerprint density at radius 2 is 1.94 bits per heavy atom. The molecule has 0 saturated heterocycles. The van der Waals surface area contributed by atoms with Crippen molar-refractivity contribution in [1.29, 1.82) is 0 Å². The molecule has 1 rings (SSSR count). The lowest BCUT2D eigenvalue weighted by Gasteiger charge is -2.07. The van der Waals surface area contributed by atoms with Crippen molar-refractivity contribution in [3.63, 3.8) is 0 Å². The van der Waals surface area contributed by atoms with E-state index < -0.39 is 0 Å². The smallest absolute Gasteiger partial charge is 0.133 e. The molecule has 0 N–H and O–H groups in total. The molecule has 0 saturated carbocycles. The summed E-state index contributed by atoms with van der Waals surface area (Å²) in [6.07, 6.45) is 4.53. The van der Waals surface area contributed by atoms with E-state index in [1.165, 1.54) is 18.6 Å². The number of halogens is 2. The highest BCUT2D eigenvalue weighted by molar-refractivity contribution is 9.10. The van der Waals surface area contributed by atoms with Crippen LogP contribution < -0.4 is 4.74 Å². The van der Waals surface area contributed by atoms with Crippen molar-refractivity contribution in [2.45, 2.75) is 25.7 Å². The number of hydrogen-bond donors (Lipinski definition) is 1. The first-order valence-corrected chi connectivity index (χ1v) is 6.85. The lowest BCUT2D eigenvalue weighted by atomic mass is 10.2. The van der Waals surface area contributed by atoms with Crippen LogP contribution in [0.25, 0.3) is 0 Å². The van der Waals surface area contributed by atoms with Crippen molar-refractivity contribution in [2.75, 3.05) is 12.4 Å². The second kappa shape index (κ2) is 7.96. The minimum atomic E-state index is -0.256. The molecular weight excluding hydrogens is 291 g/mol. The summed E-state index contributed by atoms with van der Waals surface area (Å²) in [7, 11) is 0. The van der Waals surface area contributed by atoms with Gasteiger partial charge in [-0.25, -0.2) is 4.39 Å². The van der Waals surface area contributed by atoms with Crippen LogP contribution in [0.1, 0.15) is 25.7 Å². The average Bonchev–Trinajstić information content (AvgIpc) is 2.26. The summed E-state index contributed by atoms with van der Waals surface area (Å²) in [6, 6.07) is 4.46. The lowest BCUT2D eigenvalue weighted by molar-refractivity contribution is 0.303. The minimum absolute atomic E-state index is 0.256. The normalized spacial score (nSPS) is 10.4. The summed E-state index contributed by atoms with van der Waals surface area (Å²) in [5.74, 6) is 1.40. The van der Waals surface area contributed by atoms with Crippen LogP contribution >= 0.6 is 28.6 Å². The van der Waals surface area contributed by atoms with E-state index in [0.717, 1.165) is 25.0 Å². The second-order valence-corrected chi connectivity index (χ2v) is 4.86. The maximum absolute atomic E-state index is 12.8. The predicted octanol–water partition coefficient (Wildman–Crippen LogP) is 4.46. The number of hydrogen-bond acceptors (Lipinski definition) is 2.